The highest BCUT2D eigenvalue weighted by Crippen LogP contribution is 2.30. The van der Waals surface area contributed by atoms with Gasteiger partial charge in [0.1, 0.15) is 5.75 Å². The lowest BCUT2D eigenvalue weighted by Gasteiger charge is -2.38. The molecule has 1 aromatic heterocycles. The quantitative estimate of drug-likeness (QED) is 0.588. The maximum Gasteiger partial charge on any atom is 0.416 e. The lowest BCUT2D eigenvalue weighted by molar-refractivity contribution is -0.137. The third kappa shape index (κ3) is 4.74. The summed E-state index contributed by atoms with van der Waals surface area (Å²) in [6, 6.07) is 10.3. The summed E-state index contributed by atoms with van der Waals surface area (Å²) in [6.45, 7) is 1.81. The van der Waals surface area contributed by atoms with E-state index >= 15 is 0 Å². The number of carbonyl (C=O) groups excluding carboxylic acids is 1. The van der Waals surface area contributed by atoms with Crippen molar-refractivity contribution in [3.05, 3.63) is 64.8 Å². The van der Waals surface area contributed by atoms with Gasteiger partial charge in [0.05, 0.1) is 17.2 Å². The molecule has 0 spiro atoms. The number of alkyl halides is 3. The Hall–Kier alpha value is -2.87. The minimum absolute atomic E-state index is 0.146. The fraction of sp³-hybridized carbons (Fsp3) is 0.318. The van der Waals surface area contributed by atoms with E-state index in [1.165, 1.54) is 12.1 Å². The molecular weight excluding hydrogens is 431 g/mol. The van der Waals surface area contributed by atoms with Crippen LogP contribution in [0.1, 0.15) is 11.1 Å². The Bertz CT molecular complexity index is 1090. The summed E-state index contributed by atoms with van der Waals surface area (Å²) >= 11 is 6.23. The largest absolute Gasteiger partial charge is 0.493 e. The first-order valence-corrected chi connectivity index (χ1v) is 10.1. The molecule has 0 aliphatic carbocycles. The van der Waals surface area contributed by atoms with Crippen LogP contribution in [0.15, 0.2) is 48.7 Å². The van der Waals surface area contributed by atoms with Gasteiger partial charge in [-0.3, -0.25) is 0 Å². The number of aryl methyl sites for hydroxylation is 1. The van der Waals surface area contributed by atoms with Crippen molar-refractivity contribution in [3.63, 3.8) is 0 Å². The molecule has 2 heterocycles. The van der Waals surface area contributed by atoms with Crippen LogP contribution in [0, 0.1) is 5.92 Å². The minimum Gasteiger partial charge on any atom is -0.493 e. The highest BCUT2D eigenvalue weighted by Gasteiger charge is 2.32. The van der Waals surface area contributed by atoms with Gasteiger partial charge in [-0.2, -0.15) is 13.2 Å². The van der Waals surface area contributed by atoms with Gasteiger partial charge >= 0.3 is 12.2 Å². The SMILES string of the molecule is Cn1cc(Cl)c2cc(CNC(=O)N3CC(COc4ccc(C(F)(F)F)cc4)C3)ccc21. The van der Waals surface area contributed by atoms with Crippen molar-refractivity contribution in [2.45, 2.75) is 12.7 Å². The van der Waals surface area contributed by atoms with Gasteiger partial charge in [0.2, 0.25) is 0 Å². The van der Waals surface area contributed by atoms with Crippen LogP contribution in [-0.4, -0.2) is 35.2 Å². The van der Waals surface area contributed by atoms with Crippen LogP contribution in [0.2, 0.25) is 5.02 Å². The predicted molar refractivity (Wildman–Crippen MR) is 112 cm³/mol. The summed E-state index contributed by atoms with van der Waals surface area (Å²) < 4.78 is 45.3. The number of nitrogens with zero attached hydrogens (tertiary/aromatic N) is 2. The number of hydrogen-bond acceptors (Lipinski definition) is 2. The van der Waals surface area contributed by atoms with Gasteiger partial charge in [0, 0.05) is 49.7 Å². The monoisotopic (exact) mass is 451 g/mol. The molecule has 2 amide bonds. The highest BCUT2D eigenvalue weighted by molar-refractivity contribution is 6.35. The summed E-state index contributed by atoms with van der Waals surface area (Å²) in [7, 11) is 1.93. The Morgan fingerprint density at radius 3 is 2.58 bits per heavy atom. The number of carbonyl (C=O) groups is 1. The summed E-state index contributed by atoms with van der Waals surface area (Å²) in [5, 5.41) is 4.51. The highest BCUT2D eigenvalue weighted by atomic mass is 35.5. The first-order valence-electron chi connectivity index (χ1n) is 9.77. The molecule has 0 bridgehead atoms. The summed E-state index contributed by atoms with van der Waals surface area (Å²) in [4.78, 5) is 14.0. The first kappa shape index (κ1) is 21.4. The summed E-state index contributed by atoms with van der Waals surface area (Å²) in [5.74, 6) is 0.526. The number of nitrogens with one attached hydrogen (secondary N) is 1. The molecule has 2 aromatic carbocycles. The van der Waals surface area contributed by atoms with E-state index in [1.54, 1.807) is 4.90 Å². The average molecular weight is 452 g/mol. The summed E-state index contributed by atoms with van der Waals surface area (Å²) in [5.41, 5.74) is 1.27. The number of fused-ring (bicyclic) bond motifs is 1. The van der Waals surface area contributed by atoms with Gasteiger partial charge in [-0.25, -0.2) is 4.79 Å². The lowest BCUT2D eigenvalue weighted by atomic mass is 10.0. The van der Waals surface area contributed by atoms with Gasteiger partial charge in [-0.05, 0) is 42.0 Å². The zero-order valence-corrected chi connectivity index (χ0v) is 17.5. The molecule has 5 nitrogen and oxygen atoms in total. The standard InChI is InChI=1S/C22H21ClF3N3O2/c1-28-12-19(23)18-8-14(2-7-20(18)28)9-27-21(30)29-10-15(11-29)13-31-17-5-3-16(4-6-17)22(24,25)26/h2-8,12,15H,9-11,13H2,1H3,(H,27,30). The number of benzene rings is 2. The lowest BCUT2D eigenvalue weighted by Crippen LogP contribution is -2.55. The van der Waals surface area contributed by atoms with Crippen LogP contribution in [0.25, 0.3) is 10.9 Å². The molecule has 0 atom stereocenters. The molecule has 1 N–H and O–H groups in total. The van der Waals surface area contributed by atoms with E-state index in [2.05, 4.69) is 5.32 Å². The maximum atomic E-state index is 12.6. The average Bonchev–Trinajstić information content (AvgIpc) is 2.98. The van der Waals surface area contributed by atoms with Crippen LogP contribution in [-0.2, 0) is 19.8 Å². The summed E-state index contributed by atoms with van der Waals surface area (Å²) in [6.07, 6.45) is -2.51. The normalized spacial score (nSPS) is 14.5. The molecule has 31 heavy (non-hydrogen) atoms. The smallest absolute Gasteiger partial charge is 0.416 e. The van der Waals surface area contributed by atoms with E-state index < -0.39 is 11.7 Å². The number of ether oxygens (including phenoxy) is 1. The van der Waals surface area contributed by atoms with E-state index in [-0.39, 0.29) is 11.9 Å². The molecular formula is C22H21ClF3N3O2. The molecule has 9 heteroatoms. The van der Waals surface area contributed by atoms with Crippen LogP contribution in [0.3, 0.4) is 0 Å². The van der Waals surface area contributed by atoms with E-state index in [0.29, 0.717) is 37.0 Å². The van der Waals surface area contributed by atoms with E-state index in [4.69, 9.17) is 16.3 Å². The second-order valence-electron chi connectivity index (χ2n) is 7.70. The van der Waals surface area contributed by atoms with Crippen LogP contribution in [0.4, 0.5) is 18.0 Å². The van der Waals surface area contributed by atoms with E-state index in [0.717, 1.165) is 28.6 Å². The van der Waals surface area contributed by atoms with E-state index in [9.17, 15) is 18.0 Å². The van der Waals surface area contributed by atoms with Crippen LogP contribution in [0.5, 0.6) is 5.75 Å². The van der Waals surface area contributed by atoms with Crippen molar-refractivity contribution in [1.29, 1.82) is 0 Å². The molecule has 0 saturated carbocycles. The van der Waals surface area contributed by atoms with Gasteiger partial charge in [-0.1, -0.05) is 17.7 Å². The Kier molecular flexibility index (Phi) is 5.75. The topological polar surface area (TPSA) is 46.5 Å². The number of likely N-dealkylation sites (tertiary alicyclic amines) is 1. The number of urea groups is 1. The van der Waals surface area contributed by atoms with Crippen molar-refractivity contribution in [1.82, 2.24) is 14.8 Å². The Morgan fingerprint density at radius 2 is 1.90 bits per heavy atom. The fourth-order valence-corrected chi connectivity index (χ4v) is 3.88. The third-order valence-electron chi connectivity index (χ3n) is 5.36. The predicted octanol–water partition coefficient (Wildman–Crippen LogP) is 5.07. The molecule has 3 aromatic rings. The first-order chi connectivity index (χ1) is 14.7. The number of aromatic nitrogens is 1. The van der Waals surface area contributed by atoms with E-state index in [1.807, 2.05) is 36.0 Å². The molecule has 164 valence electrons. The molecule has 1 aliphatic rings. The molecule has 1 saturated heterocycles. The number of halogens is 4. The number of hydrogen-bond donors (Lipinski definition) is 1. The zero-order chi connectivity index (χ0) is 22.2. The number of rotatable bonds is 5. The van der Waals surface area contributed by atoms with Crippen molar-refractivity contribution in [2.24, 2.45) is 13.0 Å². The minimum atomic E-state index is -4.36. The zero-order valence-electron chi connectivity index (χ0n) is 16.7. The van der Waals surface area contributed by atoms with Crippen molar-refractivity contribution in [3.8, 4) is 5.75 Å². The Morgan fingerprint density at radius 1 is 1.19 bits per heavy atom. The van der Waals surface area contributed by atoms with Gasteiger partial charge in [0.15, 0.2) is 0 Å². The van der Waals surface area contributed by atoms with Crippen LogP contribution >= 0.6 is 11.6 Å². The van der Waals surface area contributed by atoms with Crippen molar-refractivity contribution in [2.75, 3.05) is 19.7 Å². The number of amides is 2. The molecule has 0 unspecified atom stereocenters. The molecule has 1 aliphatic heterocycles. The Balaban J connectivity index is 1.21. The van der Waals surface area contributed by atoms with Gasteiger partial charge in [-0.15, -0.1) is 0 Å². The molecule has 4 rings (SSSR count). The molecule has 0 radical (unpaired) electrons. The molecule has 1 fully saturated rings. The second kappa shape index (κ2) is 8.34. The Labute approximate surface area is 182 Å². The van der Waals surface area contributed by atoms with Crippen molar-refractivity contribution < 1.29 is 22.7 Å². The van der Waals surface area contributed by atoms with Gasteiger partial charge < -0.3 is 19.5 Å². The van der Waals surface area contributed by atoms with Crippen molar-refractivity contribution >= 4 is 28.5 Å². The second-order valence-corrected chi connectivity index (χ2v) is 8.11. The van der Waals surface area contributed by atoms with Crippen LogP contribution < -0.4 is 10.1 Å². The fourth-order valence-electron chi connectivity index (χ4n) is 3.59. The third-order valence-corrected chi connectivity index (χ3v) is 5.66. The maximum absolute atomic E-state index is 12.6. The van der Waals surface area contributed by atoms with Gasteiger partial charge in [0.25, 0.3) is 0 Å².